The molecule has 1 spiro atoms. The predicted molar refractivity (Wildman–Crippen MR) is 143 cm³/mol. The summed E-state index contributed by atoms with van der Waals surface area (Å²) in [6, 6.07) is 1.93. The van der Waals surface area contributed by atoms with Crippen LogP contribution in [0.1, 0.15) is 31.9 Å². The molecule has 0 saturated carbocycles. The fourth-order valence-electron chi connectivity index (χ4n) is 6.42. The zero-order valence-corrected chi connectivity index (χ0v) is 22.9. The van der Waals surface area contributed by atoms with Gasteiger partial charge in [-0.15, -0.1) is 0 Å². The lowest BCUT2D eigenvalue weighted by Crippen LogP contribution is -2.54. The second kappa shape index (κ2) is 10.6. The van der Waals surface area contributed by atoms with E-state index in [4.69, 9.17) is 24.2 Å². The number of rotatable bonds is 6. The van der Waals surface area contributed by atoms with E-state index in [9.17, 15) is 15.0 Å². The molecule has 6 rings (SSSR count). The van der Waals surface area contributed by atoms with Crippen LogP contribution in [0, 0.1) is 5.41 Å². The largest absolute Gasteiger partial charge is 0.486 e. The van der Waals surface area contributed by atoms with Gasteiger partial charge in [-0.1, -0.05) is 11.8 Å². The molecule has 0 aromatic carbocycles. The Bertz CT molecular complexity index is 1230. The van der Waals surface area contributed by atoms with Gasteiger partial charge in [-0.3, -0.25) is 0 Å². The number of carbonyl (C=O) groups is 1. The van der Waals surface area contributed by atoms with Gasteiger partial charge in [0.1, 0.15) is 17.3 Å². The molecular formula is C26H34N6O6S. The van der Waals surface area contributed by atoms with Gasteiger partial charge in [0, 0.05) is 38.4 Å². The first kappa shape index (κ1) is 26.4. The van der Waals surface area contributed by atoms with Crippen molar-refractivity contribution < 1.29 is 29.2 Å². The number of amides is 1. The molecule has 4 atom stereocenters. The number of ether oxygens (including phenoxy) is 3. The average molecular weight is 559 g/mol. The Balaban J connectivity index is 1.17. The molecule has 3 saturated heterocycles. The number of pyridine rings is 1. The van der Waals surface area contributed by atoms with E-state index in [1.807, 2.05) is 13.0 Å². The molecule has 39 heavy (non-hydrogen) atoms. The third kappa shape index (κ3) is 4.85. The topological polar surface area (TPSA) is 142 Å². The lowest BCUT2D eigenvalue weighted by Gasteiger charge is -2.42. The third-order valence-corrected chi connectivity index (χ3v) is 9.46. The second-order valence-corrected chi connectivity index (χ2v) is 11.8. The minimum absolute atomic E-state index is 0.168. The summed E-state index contributed by atoms with van der Waals surface area (Å²) >= 11 is 1.44. The zero-order valence-electron chi connectivity index (χ0n) is 22.1. The molecule has 2 aromatic heterocycles. The number of aliphatic hydroxyl groups excluding tert-OH is 1. The highest BCUT2D eigenvalue weighted by atomic mass is 32.2. The molecule has 0 bridgehead atoms. The first-order chi connectivity index (χ1) is 18.9. The first-order valence-electron chi connectivity index (χ1n) is 13.3. The molecule has 2 aromatic rings. The highest BCUT2D eigenvalue weighted by Crippen LogP contribution is 2.45. The maximum Gasteiger partial charge on any atom is 0.404 e. The maximum absolute atomic E-state index is 11.4. The Morgan fingerprint density at radius 3 is 2.87 bits per heavy atom. The molecule has 13 heteroatoms. The van der Waals surface area contributed by atoms with Crippen LogP contribution in [0.25, 0.3) is 0 Å². The van der Waals surface area contributed by atoms with Crippen molar-refractivity contribution in [3.63, 3.8) is 0 Å². The van der Waals surface area contributed by atoms with Gasteiger partial charge < -0.3 is 39.5 Å². The van der Waals surface area contributed by atoms with Crippen molar-refractivity contribution in [2.45, 2.75) is 67.0 Å². The van der Waals surface area contributed by atoms with Crippen molar-refractivity contribution in [1.29, 1.82) is 0 Å². The van der Waals surface area contributed by atoms with E-state index in [1.165, 1.54) is 11.8 Å². The summed E-state index contributed by atoms with van der Waals surface area (Å²) in [7, 11) is 1.74. The average Bonchev–Trinajstić information content (AvgIpc) is 3.51. The van der Waals surface area contributed by atoms with E-state index in [0.717, 1.165) is 42.3 Å². The zero-order chi connectivity index (χ0) is 27.1. The van der Waals surface area contributed by atoms with Gasteiger partial charge in [-0.05, 0) is 32.3 Å². The van der Waals surface area contributed by atoms with Crippen LogP contribution >= 0.6 is 11.8 Å². The lowest BCUT2D eigenvalue weighted by atomic mass is 9.73. The van der Waals surface area contributed by atoms with E-state index >= 15 is 0 Å². The summed E-state index contributed by atoms with van der Waals surface area (Å²) in [5, 5.41) is 22.8. The second-order valence-electron chi connectivity index (χ2n) is 10.7. The van der Waals surface area contributed by atoms with E-state index in [-0.39, 0.29) is 36.3 Å². The minimum atomic E-state index is -1.03. The molecule has 3 N–H and O–H groups in total. The molecule has 4 aliphatic heterocycles. The molecule has 210 valence electrons. The Morgan fingerprint density at radius 1 is 1.31 bits per heavy atom. The normalized spacial score (nSPS) is 27.3. The first-order valence-corrected chi connectivity index (χ1v) is 14.1. The number of nitrogens with zero attached hydrogens (tertiary/aromatic N) is 5. The standard InChI is InChI=1S/C26H34N6O6S/c1-15-22(30-25(34)35)26(14-38-15)4-7-31(8-5-26)23-18(12-33)29-20(10-28-23)39-19-3-6-27-24-21(19)37-13-16-9-17(36-2)11-32(16)24/h3,6,10,15-17,22,30,33H,4-5,7-9,11-14H2,1-2H3,(H,34,35)/t15-,16-,17-,22+/m0/s1. The molecule has 6 heterocycles. The SMILES string of the molecule is CO[C@H]1C[C@H]2COc3c(Sc4cnc(N5CCC6(CC5)CO[C@@H](C)[C@H]6NC(=O)O)c(CO)n4)ccnc3N2C1. The van der Waals surface area contributed by atoms with E-state index in [2.05, 4.69) is 20.1 Å². The van der Waals surface area contributed by atoms with Crippen molar-refractivity contribution in [2.75, 3.05) is 49.8 Å². The van der Waals surface area contributed by atoms with Crippen molar-refractivity contribution >= 4 is 29.5 Å². The van der Waals surface area contributed by atoms with Crippen LogP contribution < -0.4 is 19.9 Å². The van der Waals surface area contributed by atoms with Gasteiger partial charge >= 0.3 is 6.09 Å². The molecule has 0 unspecified atom stereocenters. The van der Waals surface area contributed by atoms with Crippen LogP contribution in [0.4, 0.5) is 16.4 Å². The van der Waals surface area contributed by atoms with Crippen LogP contribution in [-0.2, 0) is 16.1 Å². The fourth-order valence-corrected chi connectivity index (χ4v) is 7.28. The highest BCUT2D eigenvalue weighted by Gasteiger charge is 2.50. The number of piperidine rings is 1. The Morgan fingerprint density at radius 2 is 2.13 bits per heavy atom. The monoisotopic (exact) mass is 558 g/mol. The predicted octanol–water partition coefficient (Wildman–Crippen LogP) is 2.14. The number of fused-ring (bicyclic) bond motifs is 3. The number of aliphatic hydroxyl groups is 1. The molecule has 0 radical (unpaired) electrons. The summed E-state index contributed by atoms with van der Waals surface area (Å²) in [6.45, 7) is 4.93. The third-order valence-electron chi connectivity index (χ3n) is 8.52. The number of methoxy groups -OCH3 is 1. The van der Waals surface area contributed by atoms with Crippen molar-refractivity contribution in [2.24, 2.45) is 5.41 Å². The minimum Gasteiger partial charge on any atom is -0.486 e. The molecular weight excluding hydrogens is 524 g/mol. The number of carboxylic acid groups (broad SMARTS) is 1. The van der Waals surface area contributed by atoms with Crippen molar-refractivity contribution in [3.05, 3.63) is 24.2 Å². The van der Waals surface area contributed by atoms with Crippen LogP contribution in [0.5, 0.6) is 5.75 Å². The van der Waals surface area contributed by atoms with E-state index < -0.39 is 6.09 Å². The number of hydrogen-bond donors (Lipinski definition) is 3. The summed E-state index contributed by atoms with van der Waals surface area (Å²) in [4.78, 5) is 30.7. The van der Waals surface area contributed by atoms with Crippen molar-refractivity contribution in [3.8, 4) is 5.75 Å². The van der Waals surface area contributed by atoms with Crippen LogP contribution in [0.3, 0.4) is 0 Å². The molecule has 0 aliphatic carbocycles. The van der Waals surface area contributed by atoms with Gasteiger partial charge in [0.05, 0.1) is 48.6 Å². The Kier molecular flexibility index (Phi) is 7.16. The van der Waals surface area contributed by atoms with E-state index in [0.29, 0.717) is 42.8 Å². The Labute approximate surface area is 231 Å². The quantitative estimate of drug-likeness (QED) is 0.478. The number of hydrogen-bond acceptors (Lipinski definition) is 11. The van der Waals surface area contributed by atoms with Gasteiger partial charge in [0.2, 0.25) is 0 Å². The summed E-state index contributed by atoms with van der Waals surface area (Å²) in [5.41, 5.74) is 0.271. The summed E-state index contributed by atoms with van der Waals surface area (Å²) in [5.74, 6) is 2.22. The van der Waals surface area contributed by atoms with Gasteiger partial charge in [0.25, 0.3) is 0 Å². The van der Waals surface area contributed by atoms with Gasteiger partial charge in [0.15, 0.2) is 17.4 Å². The fraction of sp³-hybridized carbons (Fsp3) is 0.615. The number of aromatic nitrogens is 3. The summed E-state index contributed by atoms with van der Waals surface area (Å²) in [6.07, 6.45) is 4.92. The van der Waals surface area contributed by atoms with Crippen LogP contribution in [0.2, 0.25) is 0 Å². The van der Waals surface area contributed by atoms with Gasteiger partial charge in [-0.2, -0.15) is 0 Å². The molecule has 1 amide bonds. The number of nitrogens with one attached hydrogen (secondary N) is 1. The Hall–Kier alpha value is -2.87. The van der Waals surface area contributed by atoms with Crippen LogP contribution in [0.15, 0.2) is 28.4 Å². The highest BCUT2D eigenvalue weighted by molar-refractivity contribution is 7.99. The molecule has 12 nitrogen and oxygen atoms in total. The van der Waals surface area contributed by atoms with Crippen LogP contribution in [-0.4, -0.2) is 95.5 Å². The van der Waals surface area contributed by atoms with Gasteiger partial charge in [-0.25, -0.2) is 19.7 Å². The van der Waals surface area contributed by atoms with E-state index in [1.54, 1.807) is 19.5 Å². The smallest absolute Gasteiger partial charge is 0.404 e. The lowest BCUT2D eigenvalue weighted by molar-refractivity contribution is 0.0970. The summed E-state index contributed by atoms with van der Waals surface area (Å²) < 4.78 is 17.6. The van der Waals surface area contributed by atoms with Crippen molar-refractivity contribution in [1.82, 2.24) is 20.3 Å². The number of anilines is 2. The maximum atomic E-state index is 11.4. The molecule has 3 fully saturated rings. The molecule has 4 aliphatic rings.